The fourth-order valence-corrected chi connectivity index (χ4v) is 1.86. The lowest BCUT2D eigenvalue weighted by molar-refractivity contribution is 0.416. The summed E-state index contributed by atoms with van der Waals surface area (Å²) in [6.07, 6.45) is 0. The van der Waals surface area contributed by atoms with Crippen LogP contribution in [-0.2, 0) is 0 Å². The zero-order chi connectivity index (χ0) is 11.5. The number of benzene rings is 2. The quantitative estimate of drug-likeness (QED) is 0.805. The maximum atomic E-state index is 6.06. The number of rotatable bonds is 2. The first-order valence-electron chi connectivity index (χ1n) is 4.91. The van der Waals surface area contributed by atoms with Crippen LogP contribution in [0.25, 0.3) is 11.1 Å². The van der Waals surface area contributed by atoms with Crippen LogP contribution in [0.2, 0.25) is 5.02 Å². The van der Waals surface area contributed by atoms with Gasteiger partial charge in [-0.05, 0) is 23.8 Å². The molecule has 0 aromatic heterocycles. The molecule has 16 heavy (non-hydrogen) atoms. The number of methoxy groups -OCH3 is 1. The van der Waals surface area contributed by atoms with Crippen molar-refractivity contribution in [1.29, 1.82) is 0 Å². The van der Waals surface area contributed by atoms with Gasteiger partial charge < -0.3 is 10.5 Å². The van der Waals surface area contributed by atoms with Crippen LogP contribution in [0.5, 0.6) is 5.75 Å². The molecule has 2 rings (SSSR count). The van der Waals surface area contributed by atoms with E-state index in [9.17, 15) is 0 Å². The van der Waals surface area contributed by atoms with Crippen molar-refractivity contribution < 1.29 is 4.74 Å². The molecule has 0 aliphatic rings. The first kappa shape index (κ1) is 10.8. The third kappa shape index (κ3) is 1.97. The summed E-state index contributed by atoms with van der Waals surface area (Å²) in [7, 11) is 1.61. The Kier molecular flexibility index (Phi) is 3.02. The standard InChI is InChI=1S/C13H12ClNO/c1-16-13-11(3-2-4-12(13)14)9-5-7-10(15)8-6-9/h2-8H,15H2,1H3. The molecule has 0 saturated heterocycles. The lowest BCUT2D eigenvalue weighted by Gasteiger charge is -2.10. The van der Waals surface area contributed by atoms with Crippen molar-refractivity contribution in [2.45, 2.75) is 0 Å². The largest absolute Gasteiger partial charge is 0.495 e. The molecule has 3 heteroatoms. The summed E-state index contributed by atoms with van der Waals surface area (Å²) in [6, 6.07) is 13.3. The van der Waals surface area contributed by atoms with Gasteiger partial charge in [0.25, 0.3) is 0 Å². The Morgan fingerprint density at radius 3 is 2.38 bits per heavy atom. The van der Waals surface area contributed by atoms with Gasteiger partial charge in [-0.3, -0.25) is 0 Å². The normalized spacial score (nSPS) is 10.1. The van der Waals surface area contributed by atoms with E-state index < -0.39 is 0 Å². The average Bonchev–Trinajstić information content (AvgIpc) is 2.30. The molecule has 0 aliphatic heterocycles. The maximum absolute atomic E-state index is 6.06. The van der Waals surface area contributed by atoms with Gasteiger partial charge in [0.1, 0.15) is 5.75 Å². The number of nitrogens with two attached hydrogens (primary N) is 1. The second kappa shape index (κ2) is 4.45. The molecular weight excluding hydrogens is 222 g/mol. The van der Waals surface area contributed by atoms with Gasteiger partial charge in [-0.2, -0.15) is 0 Å². The predicted octanol–water partition coefficient (Wildman–Crippen LogP) is 3.60. The van der Waals surface area contributed by atoms with Crippen LogP contribution in [0.15, 0.2) is 42.5 Å². The zero-order valence-corrected chi connectivity index (χ0v) is 9.66. The topological polar surface area (TPSA) is 35.2 Å². The number of halogens is 1. The van der Waals surface area contributed by atoms with Crippen LogP contribution in [-0.4, -0.2) is 7.11 Å². The third-order valence-corrected chi connectivity index (χ3v) is 2.69. The monoisotopic (exact) mass is 233 g/mol. The minimum atomic E-state index is 0.608. The van der Waals surface area contributed by atoms with E-state index in [1.165, 1.54) is 0 Å². The van der Waals surface area contributed by atoms with Crippen LogP contribution in [0.1, 0.15) is 0 Å². The van der Waals surface area contributed by atoms with Gasteiger partial charge in [0.2, 0.25) is 0 Å². The van der Waals surface area contributed by atoms with Gasteiger partial charge in [0.15, 0.2) is 0 Å². The SMILES string of the molecule is COc1c(Cl)cccc1-c1ccc(N)cc1. The Bertz CT molecular complexity index is 494. The van der Waals surface area contributed by atoms with E-state index in [0.717, 1.165) is 16.8 Å². The first-order chi connectivity index (χ1) is 7.72. The molecule has 0 spiro atoms. The highest BCUT2D eigenvalue weighted by Gasteiger charge is 2.08. The van der Waals surface area contributed by atoms with E-state index in [0.29, 0.717) is 10.8 Å². The molecule has 2 N–H and O–H groups in total. The average molecular weight is 234 g/mol. The van der Waals surface area contributed by atoms with E-state index in [1.807, 2.05) is 36.4 Å². The zero-order valence-electron chi connectivity index (χ0n) is 8.91. The fourth-order valence-electron chi connectivity index (χ4n) is 1.61. The van der Waals surface area contributed by atoms with Crippen LogP contribution in [0.4, 0.5) is 5.69 Å². The Morgan fingerprint density at radius 1 is 1.06 bits per heavy atom. The summed E-state index contributed by atoms with van der Waals surface area (Å²) in [5, 5.41) is 0.608. The minimum Gasteiger partial charge on any atom is -0.495 e. The van der Waals surface area contributed by atoms with E-state index >= 15 is 0 Å². The fraction of sp³-hybridized carbons (Fsp3) is 0.0769. The van der Waals surface area contributed by atoms with Crippen LogP contribution >= 0.6 is 11.6 Å². The highest BCUT2D eigenvalue weighted by Crippen LogP contribution is 2.35. The van der Waals surface area contributed by atoms with Crippen LogP contribution in [0, 0.1) is 0 Å². The summed E-state index contributed by atoms with van der Waals surface area (Å²) in [6.45, 7) is 0. The van der Waals surface area contributed by atoms with Gasteiger partial charge in [0.05, 0.1) is 12.1 Å². The van der Waals surface area contributed by atoms with Crippen molar-refractivity contribution in [3.63, 3.8) is 0 Å². The lowest BCUT2D eigenvalue weighted by atomic mass is 10.0. The number of anilines is 1. The molecule has 82 valence electrons. The summed E-state index contributed by atoms with van der Waals surface area (Å²) >= 11 is 6.06. The molecule has 0 radical (unpaired) electrons. The van der Waals surface area contributed by atoms with Crippen molar-refractivity contribution in [2.24, 2.45) is 0 Å². The third-order valence-electron chi connectivity index (χ3n) is 2.39. The molecule has 0 saturated carbocycles. The van der Waals surface area contributed by atoms with Crippen LogP contribution in [0.3, 0.4) is 0 Å². The van der Waals surface area contributed by atoms with Crippen molar-refractivity contribution in [1.82, 2.24) is 0 Å². The highest BCUT2D eigenvalue weighted by molar-refractivity contribution is 6.32. The maximum Gasteiger partial charge on any atom is 0.145 e. The van der Waals surface area contributed by atoms with Crippen LogP contribution < -0.4 is 10.5 Å². The molecule has 0 unspecified atom stereocenters. The molecule has 0 amide bonds. The molecule has 0 fully saturated rings. The predicted molar refractivity (Wildman–Crippen MR) is 67.9 cm³/mol. The number of para-hydroxylation sites is 1. The van der Waals surface area contributed by atoms with Crippen molar-refractivity contribution in [3.8, 4) is 16.9 Å². The number of hydrogen-bond acceptors (Lipinski definition) is 2. The summed E-state index contributed by atoms with van der Waals surface area (Å²) < 4.78 is 5.30. The van der Waals surface area contributed by atoms with Gasteiger partial charge in [-0.1, -0.05) is 35.9 Å². The van der Waals surface area contributed by atoms with Gasteiger partial charge in [-0.25, -0.2) is 0 Å². The Morgan fingerprint density at radius 2 is 1.75 bits per heavy atom. The number of nitrogen functional groups attached to an aromatic ring is 1. The van der Waals surface area contributed by atoms with E-state index in [2.05, 4.69) is 0 Å². The summed E-state index contributed by atoms with van der Waals surface area (Å²) in [5.74, 6) is 0.689. The number of hydrogen-bond donors (Lipinski definition) is 1. The Hall–Kier alpha value is -1.67. The molecule has 2 nitrogen and oxygen atoms in total. The first-order valence-corrected chi connectivity index (χ1v) is 5.28. The summed E-state index contributed by atoms with van der Waals surface area (Å²) in [4.78, 5) is 0. The van der Waals surface area contributed by atoms with Crippen molar-refractivity contribution in [3.05, 3.63) is 47.5 Å². The summed E-state index contributed by atoms with van der Waals surface area (Å²) in [5.41, 5.74) is 8.39. The lowest BCUT2D eigenvalue weighted by Crippen LogP contribution is -1.89. The molecule has 0 atom stereocenters. The Labute approximate surface area is 99.6 Å². The molecule has 2 aromatic carbocycles. The molecule has 0 aliphatic carbocycles. The van der Waals surface area contributed by atoms with Gasteiger partial charge >= 0.3 is 0 Å². The Balaban J connectivity index is 2.55. The molecule has 0 bridgehead atoms. The number of ether oxygens (including phenoxy) is 1. The van der Waals surface area contributed by atoms with Crippen molar-refractivity contribution >= 4 is 17.3 Å². The second-order valence-electron chi connectivity index (χ2n) is 3.44. The van der Waals surface area contributed by atoms with E-state index in [1.54, 1.807) is 13.2 Å². The van der Waals surface area contributed by atoms with Gasteiger partial charge in [-0.15, -0.1) is 0 Å². The second-order valence-corrected chi connectivity index (χ2v) is 3.85. The molecule has 0 heterocycles. The van der Waals surface area contributed by atoms with Gasteiger partial charge in [0, 0.05) is 11.3 Å². The molecular formula is C13H12ClNO. The minimum absolute atomic E-state index is 0.608. The molecule has 2 aromatic rings. The smallest absolute Gasteiger partial charge is 0.145 e. The van der Waals surface area contributed by atoms with E-state index in [-0.39, 0.29) is 0 Å². The highest BCUT2D eigenvalue weighted by atomic mass is 35.5. The van der Waals surface area contributed by atoms with Crippen molar-refractivity contribution in [2.75, 3.05) is 12.8 Å². The van der Waals surface area contributed by atoms with E-state index in [4.69, 9.17) is 22.1 Å².